The first kappa shape index (κ1) is 30.1. The van der Waals surface area contributed by atoms with Gasteiger partial charge in [0, 0.05) is 19.5 Å². The van der Waals surface area contributed by atoms with Crippen molar-refractivity contribution in [1.82, 2.24) is 0 Å². The molecule has 0 nitrogen and oxygen atoms in total. The van der Waals surface area contributed by atoms with Crippen molar-refractivity contribution in [2.75, 3.05) is 0 Å². The third kappa shape index (κ3) is 11.0. The van der Waals surface area contributed by atoms with E-state index < -0.39 is 0 Å². The molecule has 0 saturated heterocycles. The minimum atomic E-state index is 0. The quantitative estimate of drug-likeness (QED) is 0.330. The van der Waals surface area contributed by atoms with E-state index in [4.69, 9.17) is 0 Å². The lowest BCUT2D eigenvalue weighted by Gasteiger charge is -1.97. The molecular weight excluding hydrogens is 433 g/mol. The van der Waals surface area contributed by atoms with Crippen molar-refractivity contribution < 1.29 is 0 Å². The minimum absolute atomic E-state index is 0. The summed E-state index contributed by atoms with van der Waals surface area (Å²) in [5.41, 5.74) is 2.97. The molecule has 0 aliphatic heterocycles. The van der Waals surface area contributed by atoms with Crippen LogP contribution in [0.5, 0.6) is 0 Å². The molecular formula is C28H46S3. The molecule has 0 aliphatic carbocycles. The Kier molecular flexibility index (Phi) is 15.4. The van der Waals surface area contributed by atoms with Gasteiger partial charge in [-0.1, -0.05) is 69.7 Å². The molecule has 3 heterocycles. The van der Waals surface area contributed by atoms with Gasteiger partial charge in [-0.3, -0.25) is 0 Å². The highest BCUT2D eigenvalue weighted by molar-refractivity contribution is 7.12. The Morgan fingerprint density at radius 3 is 1.55 bits per heavy atom. The molecule has 0 aliphatic rings. The Balaban J connectivity index is 0.000000429. The van der Waals surface area contributed by atoms with Gasteiger partial charge in [0.05, 0.1) is 0 Å². The maximum atomic E-state index is 2.31. The average Bonchev–Trinajstić information content (AvgIpc) is 3.48. The van der Waals surface area contributed by atoms with E-state index in [2.05, 4.69) is 97.3 Å². The topological polar surface area (TPSA) is 0 Å². The summed E-state index contributed by atoms with van der Waals surface area (Å²) in [5.74, 6) is 2.09. The van der Waals surface area contributed by atoms with Crippen molar-refractivity contribution in [2.24, 2.45) is 0 Å². The van der Waals surface area contributed by atoms with Gasteiger partial charge in [-0.2, -0.15) is 0 Å². The van der Waals surface area contributed by atoms with Crippen molar-refractivity contribution in [3.8, 4) is 0 Å². The first-order chi connectivity index (χ1) is 14.2. The van der Waals surface area contributed by atoms with Crippen LogP contribution in [0.2, 0.25) is 0 Å². The third-order valence-corrected chi connectivity index (χ3v) is 8.85. The molecule has 176 valence electrons. The van der Waals surface area contributed by atoms with Gasteiger partial charge in [0.25, 0.3) is 0 Å². The molecule has 3 aromatic heterocycles. The summed E-state index contributed by atoms with van der Waals surface area (Å²) in [5, 5.41) is 4.53. The fourth-order valence-corrected chi connectivity index (χ4v) is 5.63. The van der Waals surface area contributed by atoms with Crippen LogP contribution in [0, 0.1) is 0 Å². The number of aryl methyl sites for hydroxylation is 3. The standard InChI is InChI=1S/3C9H14S.CH4/c1-4-9-5-8(6-10-9)7(2)3;1-4-8-5-9(7(2)3)10-6-8;1-4-8-5-6-9(10-8)7(2)3;/h3*5-7H,4H2,1-3H3;1H4. The van der Waals surface area contributed by atoms with Crippen LogP contribution in [0.4, 0.5) is 0 Å². The van der Waals surface area contributed by atoms with Gasteiger partial charge < -0.3 is 0 Å². The van der Waals surface area contributed by atoms with Gasteiger partial charge in [-0.05, 0) is 83.2 Å². The van der Waals surface area contributed by atoms with Crippen molar-refractivity contribution in [3.63, 3.8) is 0 Å². The second kappa shape index (κ2) is 15.8. The molecule has 3 rings (SSSR count). The van der Waals surface area contributed by atoms with Crippen LogP contribution in [0.15, 0.2) is 35.0 Å². The van der Waals surface area contributed by atoms with Gasteiger partial charge >= 0.3 is 0 Å². The Bertz CT molecular complexity index is 705. The van der Waals surface area contributed by atoms with Crippen LogP contribution < -0.4 is 0 Å². The highest BCUT2D eigenvalue weighted by Gasteiger charge is 2.02. The Labute approximate surface area is 205 Å². The minimum Gasteiger partial charge on any atom is -0.149 e. The van der Waals surface area contributed by atoms with E-state index in [1.807, 2.05) is 34.0 Å². The van der Waals surface area contributed by atoms with Gasteiger partial charge in [0.2, 0.25) is 0 Å². The molecule has 0 bridgehead atoms. The summed E-state index contributed by atoms with van der Waals surface area (Å²) in [6, 6.07) is 9.11. The van der Waals surface area contributed by atoms with Crippen LogP contribution in [-0.2, 0) is 19.3 Å². The lowest BCUT2D eigenvalue weighted by Crippen LogP contribution is -1.80. The maximum Gasteiger partial charge on any atom is 0.00736 e. The number of rotatable bonds is 6. The molecule has 31 heavy (non-hydrogen) atoms. The SMILES string of the molecule is C.CCc1cc(C(C)C)cs1.CCc1ccc(C(C)C)s1.CCc1csc(C(C)C)c1. The van der Waals surface area contributed by atoms with E-state index in [0.717, 1.165) is 0 Å². The Hall–Kier alpha value is -0.900. The largest absolute Gasteiger partial charge is 0.149 e. The second-order valence-corrected chi connectivity index (χ2v) is 11.7. The van der Waals surface area contributed by atoms with Crippen molar-refractivity contribution in [1.29, 1.82) is 0 Å². The number of hydrogen-bond acceptors (Lipinski definition) is 3. The molecule has 0 radical (unpaired) electrons. The van der Waals surface area contributed by atoms with Crippen LogP contribution in [0.25, 0.3) is 0 Å². The van der Waals surface area contributed by atoms with Gasteiger partial charge in [0.1, 0.15) is 0 Å². The van der Waals surface area contributed by atoms with Crippen molar-refractivity contribution in [2.45, 2.75) is 107 Å². The zero-order valence-corrected chi connectivity index (χ0v) is 23.0. The van der Waals surface area contributed by atoms with E-state index >= 15 is 0 Å². The summed E-state index contributed by atoms with van der Waals surface area (Å²) < 4.78 is 0. The smallest absolute Gasteiger partial charge is 0.00736 e. The van der Waals surface area contributed by atoms with E-state index in [1.54, 1.807) is 0 Å². The van der Waals surface area contributed by atoms with Gasteiger partial charge in [-0.25, -0.2) is 0 Å². The summed E-state index contributed by atoms with van der Waals surface area (Å²) >= 11 is 5.70. The predicted octanol–water partition coefficient (Wildman–Crippen LogP) is 10.9. The molecule has 0 aromatic carbocycles. The summed E-state index contributed by atoms with van der Waals surface area (Å²) in [7, 11) is 0. The Morgan fingerprint density at radius 1 is 0.645 bits per heavy atom. The normalized spacial score (nSPS) is 10.5. The fraction of sp³-hybridized carbons (Fsp3) is 0.571. The van der Waals surface area contributed by atoms with Crippen LogP contribution >= 0.6 is 34.0 Å². The Morgan fingerprint density at radius 2 is 1.26 bits per heavy atom. The van der Waals surface area contributed by atoms with E-state index in [-0.39, 0.29) is 7.43 Å². The molecule has 3 aromatic rings. The first-order valence-corrected chi connectivity index (χ1v) is 14.0. The van der Waals surface area contributed by atoms with Crippen molar-refractivity contribution >= 4 is 34.0 Å². The lowest BCUT2D eigenvalue weighted by atomic mass is 10.1. The maximum absolute atomic E-state index is 2.31. The molecule has 0 amide bonds. The third-order valence-electron chi connectivity index (χ3n) is 4.94. The average molecular weight is 479 g/mol. The van der Waals surface area contributed by atoms with Gasteiger partial charge in [0.15, 0.2) is 0 Å². The molecule has 0 saturated carbocycles. The fourth-order valence-electron chi connectivity index (χ4n) is 2.66. The summed E-state index contributed by atoms with van der Waals surface area (Å²) in [6.07, 6.45) is 3.53. The monoisotopic (exact) mass is 478 g/mol. The van der Waals surface area contributed by atoms with Crippen molar-refractivity contribution in [3.05, 3.63) is 65.7 Å². The number of hydrogen-bond donors (Lipinski definition) is 0. The number of thiophene rings is 3. The molecule has 0 spiro atoms. The highest BCUT2D eigenvalue weighted by atomic mass is 32.1. The zero-order chi connectivity index (χ0) is 22.7. The van der Waals surface area contributed by atoms with Gasteiger partial charge in [-0.15, -0.1) is 34.0 Å². The molecule has 3 heteroatoms. The molecule has 0 N–H and O–H groups in total. The highest BCUT2D eigenvalue weighted by Crippen LogP contribution is 2.24. The summed E-state index contributed by atoms with van der Waals surface area (Å²) in [6.45, 7) is 20.0. The van der Waals surface area contributed by atoms with E-state index in [0.29, 0.717) is 17.8 Å². The van der Waals surface area contributed by atoms with E-state index in [9.17, 15) is 0 Å². The predicted molar refractivity (Wildman–Crippen MR) is 150 cm³/mol. The van der Waals surface area contributed by atoms with E-state index in [1.165, 1.54) is 49.9 Å². The van der Waals surface area contributed by atoms with Crippen LogP contribution in [0.3, 0.4) is 0 Å². The molecule has 0 atom stereocenters. The first-order valence-electron chi connectivity index (χ1n) is 11.4. The van der Waals surface area contributed by atoms with Crippen LogP contribution in [0.1, 0.15) is 118 Å². The second-order valence-electron chi connectivity index (χ2n) is 8.53. The lowest BCUT2D eigenvalue weighted by molar-refractivity contribution is 0.870. The molecule has 0 unspecified atom stereocenters. The molecule has 0 fully saturated rings. The van der Waals surface area contributed by atoms with Crippen LogP contribution in [-0.4, -0.2) is 0 Å². The zero-order valence-electron chi connectivity index (χ0n) is 20.5. The summed E-state index contributed by atoms with van der Waals surface area (Å²) in [4.78, 5) is 6.03.